The fourth-order valence-corrected chi connectivity index (χ4v) is 4.56. The Morgan fingerprint density at radius 1 is 1.26 bits per heavy atom. The third kappa shape index (κ3) is 5.86. The molecule has 0 aromatic heterocycles. The zero-order valence-electron chi connectivity index (χ0n) is 15.1. The van der Waals surface area contributed by atoms with Crippen LogP contribution in [0.25, 0.3) is 0 Å². The van der Waals surface area contributed by atoms with Crippen LogP contribution in [0.15, 0.2) is 29.2 Å². The minimum atomic E-state index is -3.90. The van der Waals surface area contributed by atoms with E-state index in [1.165, 1.54) is 16.4 Å². The Hall–Kier alpha value is -1.75. The van der Waals surface area contributed by atoms with E-state index < -0.39 is 21.0 Å². The van der Waals surface area contributed by atoms with Gasteiger partial charge in [0.1, 0.15) is 6.04 Å². The van der Waals surface area contributed by atoms with Gasteiger partial charge in [-0.1, -0.05) is 13.3 Å². The topological polar surface area (TPSA) is 122 Å². The summed E-state index contributed by atoms with van der Waals surface area (Å²) in [7, 11) is -3.90. The van der Waals surface area contributed by atoms with Crippen molar-refractivity contribution in [1.29, 1.82) is 0 Å². The molecule has 1 fully saturated rings. The molecule has 1 atom stereocenters. The molecule has 9 nitrogen and oxygen atoms in total. The molecule has 2 rings (SSSR count). The summed E-state index contributed by atoms with van der Waals surface area (Å²) in [5.41, 5.74) is -0.180. The van der Waals surface area contributed by atoms with Crippen LogP contribution in [-0.4, -0.2) is 55.8 Å². The molecule has 27 heavy (non-hydrogen) atoms. The number of benzene rings is 1. The molecule has 11 heteroatoms. The summed E-state index contributed by atoms with van der Waals surface area (Å²) in [5.74, 6) is -0.312. The summed E-state index contributed by atoms with van der Waals surface area (Å²) in [6, 6.07) is 3.97. The number of nitrogens with one attached hydrogen (secondary N) is 2. The maximum atomic E-state index is 12.9. The maximum Gasteiger partial charge on any atom is 0.269 e. The van der Waals surface area contributed by atoms with Gasteiger partial charge in [0.15, 0.2) is 0 Å². The number of hydrogen-bond acceptors (Lipinski definition) is 6. The number of nitrogens with zero attached hydrogens (tertiary/aromatic N) is 2. The number of rotatable bonds is 8. The average molecular weight is 421 g/mol. The van der Waals surface area contributed by atoms with Gasteiger partial charge in [0, 0.05) is 31.8 Å². The number of likely N-dealkylation sites (N-methyl/N-ethyl adjacent to an activating group) is 1. The van der Waals surface area contributed by atoms with Crippen LogP contribution in [0.2, 0.25) is 0 Å². The van der Waals surface area contributed by atoms with Crippen LogP contribution in [0.4, 0.5) is 5.69 Å². The van der Waals surface area contributed by atoms with Crippen LogP contribution >= 0.6 is 12.4 Å². The van der Waals surface area contributed by atoms with Crippen LogP contribution < -0.4 is 10.6 Å². The van der Waals surface area contributed by atoms with E-state index >= 15 is 0 Å². The predicted octanol–water partition coefficient (Wildman–Crippen LogP) is 1.29. The number of non-ortho nitro benzene ring substituents is 1. The molecular formula is C16H25ClN4O5S. The quantitative estimate of drug-likeness (QED) is 0.371. The third-order valence-corrected chi connectivity index (χ3v) is 6.18. The molecule has 0 radical (unpaired) electrons. The van der Waals surface area contributed by atoms with E-state index in [0.29, 0.717) is 25.9 Å². The first-order valence-electron chi connectivity index (χ1n) is 8.62. The highest BCUT2D eigenvalue weighted by Crippen LogP contribution is 2.26. The zero-order chi connectivity index (χ0) is 19.2. The van der Waals surface area contributed by atoms with Gasteiger partial charge in [0.2, 0.25) is 15.9 Å². The highest BCUT2D eigenvalue weighted by atomic mass is 35.5. The molecule has 0 saturated carbocycles. The Labute approximate surface area is 165 Å². The van der Waals surface area contributed by atoms with Gasteiger partial charge in [-0.2, -0.15) is 4.31 Å². The van der Waals surface area contributed by atoms with Gasteiger partial charge in [-0.3, -0.25) is 14.9 Å². The SMILES string of the molecule is CCNCCNC(=O)C1CCCCN1S(=O)(=O)c1ccc([N+](=O)[O-])cc1.Cl. The Balaban J connectivity index is 0.00000364. The van der Waals surface area contributed by atoms with Crippen molar-refractivity contribution in [1.82, 2.24) is 14.9 Å². The van der Waals surface area contributed by atoms with Crippen molar-refractivity contribution >= 4 is 34.0 Å². The zero-order valence-corrected chi connectivity index (χ0v) is 16.7. The van der Waals surface area contributed by atoms with Crippen molar-refractivity contribution in [2.75, 3.05) is 26.2 Å². The van der Waals surface area contributed by atoms with Gasteiger partial charge in [-0.15, -0.1) is 12.4 Å². The number of amides is 1. The molecular weight excluding hydrogens is 396 g/mol. The summed E-state index contributed by atoms with van der Waals surface area (Å²) >= 11 is 0. The monoisotopic (exact) mass is 420 g/mol. The average Bonchev–Trinajstić information content (AvgIpc) is 2.65. The van der Waals surface area contributed by atoms with E-state index in [0.717, 1.165) is 25.1 Å². The van der Waals surface area contributed by atoms with Gasteiger partial charge >= 0.3 is 0 Å². The number of carbonyl (C=O) groups excluding carboxylic acids is 1. The standard InChI is InChI=1S/C16H24N4O5S.ClH/c1-2-17-10-11-18-16(21)15-5-3-4-12-19(15)26(24,25)14-8-6-13(7-9-14)20(22)23;/h6-9,15,17H,2-5,10-12H2,1H3,(H,18,21);1H. The van der Waals surface area contributed by atoms with Crippen molar-refractivity contribution in [3.05, 3.63) is 34.4 Å². The second kappa shape index (κ2) is 10.5. The lowest BCUT2D eigenvalue weighted by Crippen LogP contribution is -2.52. The molecule has 152 valence electrons. The van der Waals surface area contributed by atoms with E-state index in [9.17, 15) is 23.3 Å². The van der Waals surface area contributed by atoms with Crippen LogP contribution in [0.1, 0.15) is 26.2 Å². The Kier molecular flexibility index (Phi) is 9.10. The van der Waals surface area contributed by atoms with Gasteiger partial charge in [0.05, 0.1) is 9.82 Å². The van der Waals surface area contributed by atoms with Crippen LogP contribution in [0.3, 0.4) is 0 Å². The Morgan fingerprint density at radius 3 is 2.52 bits per heavy atom. The van der Waals surface area contributed by atoms with Crippen LogP contribution in [-0.2, 0) is 14.8 Å². The highest BCUT2D eigenvalue weighted by Gasteiger charge is 2.37. The van der Waals surface area contributed by atoms with E-state index in [-0.39, 0.29) is 35.4 Å². The number of halogens is 1. The summed E-state index contributed by atoms with van der Waals surface area (Å²) in [5, 5.41) is 16.6. The molecule has 1 aromatic carbocycles. The molecule has 0 bridgehead atoms. The summed E-state index contributed by atoms with van der Waals surface area (Å²) in [4.78, 5) is 22.6. The van der Waals surface area contributed by atoms with Gasteiger partial charge in [-0.25, -0.2) is 8.42 Å². The smallest absolute Gasteiger partial charge is 0.269 e. The molecule has 0 aliphatic carbocycles. The number of nitro groups is 1. The highest BCUT2D eigenvalue weighted by molar-refractivity contribution is 7.89. The van der Waals surface area contributed by atoms with Crippen molar-refractivity contribution in [2.45, 2.75) is 37.1 Å². The first-order valence-corrected chi connectivity index (χ1v) is 10.1. The largest absolute Gasteiger partial charge is 0.353 e. The minimum Gasteiger partial charge on any atom is -0.353 e. The molecule has 1 saturated heterocycles. The fourth-order valence-electron chi connectivity index (χ4n) is 2.90. The first kappa shape index (κ1) is 23.3. The van der Waals surface area contributed by atoms with E-state index in [4.69, 9.17) is 0 Å². The Bertz CT molecular complexity index is 742. The lowest BCUT2D eigenvalue weighted by Gasteiger charge is -2.33. The number of carbonyl (C=O) groups is 1. The van der Waals surface area contributed by atoms with E-state index in [2.05, 4.69) is 10.6 Å². The van der Waals surface area contributed by atoms with E-state index in [1.54, 1.807) is 0 Å². The predicted molar refractivity (Wildman–Crippen MR) is 103 cm³/mol. The van der Waals surface area contributed by atoms with Crippen molar-refractivity contribution in [2.24, 2.45) is 0 Å². The first-order chi connectivity index (χ1) is 12.4. The number of piperidine rings is 1. The van der Waals surface area contributed by atoms with Crippen molar-refractivity contribution in [3.8, 4) is 0 Å². The van der Waals surface area contributed by atoms with Gasteiger partial charge in [-0.05, 0) is 31.5 Å². The minimum absolute atomic E-state index is 0. The molecule has 1 heterocycles. The molecule has 0 spiro atoms. The van der Waals surface area contributed by atoms with Crippen LogP contribution in [0, 0.1) is 10.1 Å². The lowest BCUT2D eigenvalue weighted by atomic mass is 10.0. The number of sulfonamides is 1. The van der Waals surface area contributed by atoms with Crippen molar-refractivity contribution < 1.29 is 18.1 Å². The maximum absolute atomic E-state index is 12.9. The van der Waals surface area contributed by atoms with Crippen LogP contribution in [0.5, 0.6) is 0 Å². The Morgan fingerprint density at radius 2 is 1.93 bits per heavy atom. The second-order valence-corrected chi connectivity index (χ2v) is 7.91. The lowest BCUT2D eigenvalue weighted by molar-refractivity contribution is -0.384. The third-order valence-electron chi connectivity index (χ3n) is 4.26. The molecule has 1 aliphatic rings. The molecule has 2 N–H and O–H groups in total. The summed E-state index contributed by atoms with van der Waals surface area (Å²) in [6.45, 7) is 4.05. The summed E-state index contributed by atoms with van der Waals surface area (Å²) in [6.07, 6.45) is 1.91. The summed E-state index contributed by atoms with van der Waals surface area (Å²) < 4.78 is 27.1. The number of nitro benzene ring substituents is 1. The normalized spacial score (nSPS) is 17.7. The molecule has 1 amide bonds. The van der Waals surface area contributed by atoms with Gasteiger partial charge in [0.25, 0.3) is 5.69 Å². The molecule has 1 aliphatic heterocycles. The number of hydrogen-bond donors (Lipinski definition) is 2. The van der Waals surface area contributed by atoms with Crippen molar-refractivity contribution in [3.63, 3.8) is 0 Å². The fraction of sp³-hybridized carbons (Fsp3) is 0.562. The van der Waals surface area contributed by atoms with E-state index in [1.807, 2.05) is 6.92 Å². The van der Waals surface area contributed by atoms with Gasteiger partial charge < -0.3 is 10.6 Å². The second-order valence-electron chi connectivity index (χ2n) is 6.02. The molecule has 1 aromatic rings. The molecule has 1 unspecified atom stereocenters.